The molecule has 0 aromatic carbocycles. The zero-order chi connectivity index (χ0) is 24.1. The Morgan fingerprint density at radius 3 is 2.36 bits per heavy atom. The minimum atomic E-state index is -1.29. The maximum atomic E-state index is 14.0. The first kappa shape index (κ1) is 22.3. The highest BCUT2D eigenvalue weighted by Crippen LogP contribution is 2.78. The first-order chi connectivity index (χ1) is 15.4. The predicted molar refractivity (Wildman–Crippen MR) is 109 cm³/mol. The quantitative estimate of drug-likeness (QED) is 0.456. The van der Waals surface area contributed by atoms with E-state index in [1.54, 1.807) is 13.8 Å². The molecule has 33 heavy (non-hydrogen) atoms. The van der Waals surface area contributed by atoms with E-state index in [0.717, 1.165) is 0 Å². The van der Waals surface area contributed by atoms with Crippen molar-refractivity contribution in [3.05, 3.63) is 0 Å². The number of carbonyl (C=O) groups is 5. The highest BCUT2D eigenvalue weighted by Gasteiger charge is 2.87. The zero-order valence-corrected chi connectivity index (χ0v) is 19.6. The summed E-state index contributed by atoms with van der Waals surface area (Å²) >= 11 is 0. The summed E-state index contributed by atoms with van der Waals surface area (Å²) < 4.78 is 22.7. The van der Waals surface area contributed by atoms with E-state index in [4.69, 9.17) is 18.9 Å². The topological polar surface area (TPSA) is 122 Å². The molecule has 1 saturated heterocycles. The van der Waals surface area contributed by atoms with Crippen LogP contribution in [0.5, 0.6) is 0 Å². The standard InChI is InChI=1S/C24H30O9/c1-11-18(27)23-10-22(11,32-13(3)26)8-6-14(23)24-9-7-15(31-12(2)25)21(4,20(29)33-24)17(24)16(23)19(28)30-5/h11,14-17H,6-10H2,1-5H3/t11-,14+,15-,16+,17+,21+,22-,23+,24+/m0/s1. The first-order valence-electron chi connectivity index (χ1n) is 11.6. The molecule has 9 heteroatoms. The molecule has 4 bridgehead atoms. The van der Waals surface area contributed by atoms with Gasteiger partial charge in [-0.15, -0.1) is 0 Å². The third-order valence-electron chi connectivity index (χ3n) is 9.66. The number of carbonyl (C=O) groups excluding carboxylic acids is 5. The number of ketones is 1. The molecule has 5 fully saturated rings. The molecular weight excluding hydrogens is 432 g/mol. The van der Waals surface area contributed by atoms with E-state index in [1.165, 1.54) is 21.0 Å². The van der Waals surface area contributed by atoms with Crippen LogP contribution >= 0.6 is 0 Å². The second-order valence-corrected chi connectivity index (χ2v) is 10.8. The van der Waals surface area contributed by atoms with E-state index in [0.29, 0.717) is 25.7 Å². The number of rotatable bonds is 3. The highest BCUT2D eigenvalue weighted by atomic mass is 16.6. The molecule has 0 unspecified atom stereocenters. The van der Waals surface area contributed by atoms with E-state index < -0.39 is 75.7 Å². The lowest BCUT2D eigenvalue weighted by Crippen LogP contribution is -2.54. The highest BCUT2D eigenvalue weighted by molar-refractivity contribution is 5.98. The van der Waals surface area contributed by atoms with Crippen LogP contribution in [-0.4, -0.2) is 54.1 Å². The summed E-state index contributed by atoms with van der Waals surface area (Å²) in [5.74, 6) is -4.86. The van der Waals surface area contributed by atoms with E-state index in [-0.39, 0.29) is 12.2 Å². The van der Waals surface area contributed by atoms with Gasteiger partial charge in [0.1, 0.15) is 28.5 Å². The van der Waals surface area contributed by atoms with Crippen LogP contribution < -0.4 is 0 Å². The van der Waals surface area contributed by atoms with E-state index >= 15 is 0 Å². The summed E-state index contributed by atoms with van der Waals surface area (Å²) in [5, 5.41) is 0. The van der Waals surface area contributed by atoms with Crippen LogP contribution in [0.25, 0.3) is 0 Å². The number of hydrogen-bond acceptors (Lipinski definition) is 9. The molecule has 9 atom stereocenters. The molecule has 4 saturated carbocycles. The molecule has 5 aliphatic rings. The van der Waals surface area contributed by atoms with Crippen LogP contribution in [-0.2, 0) is 42.9 Å². The van der Waals surface area contributed by atoms with Crippen molar-refractivity contribution in [3.8, 4) is 0 Å². The zero-order valence-electron chi connectivity index (χ0n) is 19.6. The molecule has 4 aliphatic carbocycles. The number of methoxy groups -OCH3 is 1. The van der Waals surface area contributed by atoms with Gasteiger partial charge in [-0.3, -0.25) is 24.0 Å². The average molecular weight is 462 g/mol. The third kappa shape index (κ3) is 2.36. The number of hydrogen-bond donors (Lipinski definition) is 0. The Balaban J connectivity index is 1.71. The lowest BCUT2D eigenvalue weighted by atomic mass is 9.58. The molecule has 0 aromatic heterocycles. The van der Waals surface area contributed by atoms with Gasteiger partial charge in [0.15, 0.2) is 0 Å². The summed E-state index contributed by atoms with van der Waals surface area (Å²) in [4.78, 5) is 64.6. The van der Waals surface area contributed by atoms with Gasteiger partial charge in [-0.2, -0.15) is 0 Å². The van der Waals surface area contributed by atoms with Crippen LogP contribution in [0.1, 0.15) is 59.8 Å². The number of fused-ring (bicyclic) bond motifs is 1. The summed E-state index contributed by atoms with van der Waals surface area (Å²) in [7, 11) is 1.27. The molecule has 1 heterocycles. The van der Waals surface area contributed by atoms with Crippen molar-refractivity contribution >= 4 is 29.7 Å². The second kappa shape index (κ2) is 6.57. The van der Waals surface area contributed by atoms with Gasteiger partial charge in [-0.25, -0.2) is 0 Å². The average Bonchev–Trinajstić information content (AvgIpc) is 3.15. The Morgan fingerprint density at radius 2 is 1.76 bits per heavy atom. The van der Waals surface area contributed by atoms with Crippen LogP contribution in [0.4, 0.5) is 0 Å². The van der Waals surface area contributed by atoms with Crippen molar-refractivity contribution in [2.24, 2.45) is 34.5 Å². The minimum absolute atomic E-state index is 0.139. The maximum Gasteiger partial charge on any atom is 0.316 e. The Bertz CT molecular complexity index is 988. The number of ether oxygens (including phenoxy) is 4. The fourth-order valence-corrected chi connectivity index (χ4v) is 8.66. The fourth-order valence-electron chi connectivity index (χ4n) is 8.66. The SMILES string of the molecule is COC(=O)[C@H]1[C@H]2[C@@]3(CC[C@H](OC(C)=O)[C@@]2(C)C(=O)O3)[C@@H]2CC[C@]3(OC(C)=O)C[C@]12C(=O)[C@@H]3C. The first-order valence-corrected chi connectivity index (χ1v) is 11.6. The molecule has 1 spiro atoms. The van der Waals surface area contributed by atoms with Crippen molar-refractivity contribution in [1.29, 1.82) is 0 Å². The maximum absolute atomic E-state index is 14.0. The Morgan fingerprint density at radius 1 is 1.06 bits per heavy atom. The molecule has 9 nitrogen and oxygen atoms in total. The summed E-state index contributed by atoms with van der Waals surface area (Å²) in [6, 6.07) is 0. The summed E-state index contributed by atoms with van der Waals surface area (Å²) in [5.41, 5.74) is -4.47. The van der Waals surface area contributed by atoms with Crippen molar-refractivity contribution in [3.63, 3.8) is 0 Å². The van der Waals surface area contributed by atoms with Crippen molar-refractivity contribution in [2.75, 3.05) is 7.11 Å². The van der Waals surface area contributed by atoms with Crippen LogP contribution in [0.2, 0.25) is 0 Å². The Kier molecular flexibility index (Phi) is 4.45. The molecule has 0 N–H and O–H groups in total. The lowest BCUT2D eigenvalue weighted by Gasteiger charge is -2.46. The molecule has 0 radical (unpaired) electrons. The molecule has 0 aromatic rings. The van der Waals surface area contributed by atoms with Crippen molar-refractivity contribution in [1.82, 2.24) is 0 Å². The normalized spacial score (nSPS) is 49.1. The van der Waals surface area contributed by atoms with E-state index in [9.17, 15) is 24.0 Å². The Labute approximate surface area is 191 Å². The third-order valence-corrected chi connectivity index (χ3v) is 9.66. The van der Waals surface area contributed by atoms with Gasteiger partial charge in [0, 0.05) is 32.1 Å². The largest absolute Gasteiger partial charge is 0.469 e. The molecular formula is C24H30O9. The smallest absolute Gasteiger partial charge is 0.316 e. The summed E-state index contributed by atoms with van der Waals surface area (Å²) in [6.45, 7) is 6.04. The van der Waals surface area contributed by atoms with Crippen LogP contribution in [0.15, 0.2) is 0 Å². The molecule has 1 aliphatic heterocycles. The van der Waals surface area contributed by atoms with Gasteiger partial charge in [0.25, 0.3) is 0 Å². The van der Waals surface area contributed by atoms with Gasteiger partial charge < -0.3 is 18.9 Å². The molecule has 5 rings (SSSR count). The van der Waals surface area contributed by atoms with E-state index in [2.05, 4.69) is 0 Å². The monoisotopic (exact) mass is 462 g/mol. The minimum Gasteiger partial charge on any atom is -0.469 e. The molecule has 180 valence electrons. The van der Waals surface area contributed by atoms with E-state index in [1.807, 2.05) is 0 Å². The molecule has 0 amide bonds. The van der Waals surface area contributed by atoms with Gasteiger partial charge in [0.2, 0.25) is 0 Å². The van der Waals surface area contributed by atoms with Crippen LogP contribution in [0.3, 0.4) is 0 Å². The van der Waals surface area contributed by atoms with Crippen molar-refractivity contribution < 1.29 is 42.9 Å². The fraction of sp³-hybridized carbons (Fsp3) is 0.792. The number of Topliss-reactive ketones (excluding diaryl/α,β-unsaturated/α-hetero) is 1. The van der Waals surface area contributed by atoms with Crippen LogP contribution in [0, 0.1) is 34.5 Å². The Hall–Kier alpha value is -2.45. The second-order valence-electron chi connectivity index (χ2n) is 10.8. The lowest BCUT2D eigenvalue weighted by molar-refractivity contribution is -0.175. The summed E-state index contributed by atoms with van der Waals surface area (Å²) in [6.07, 6.45) is 1.16. The van der Waals surface area contributed by atoms with Crippen molar-refractivity contribution in [2.45, 2.75) is 77.1 Å². The van der Waals surface area contributed by atoms with Gasteiger partial charge in [-0.05, 0) is 32.6 Å². The number of esters is 4. The van der Waals surface area contributed by atoms with Gasteiger partial charge in [-0.1, -0.05) is 6.92 Å². The predicted octanol–water partition coefficient (Wildman–Crippen LogP) is 1.74. The van der Waals surface area contributed by atoms with Gasteiger partial charge >= 0.3 is 23.9 Å². The van der Waals surface area contributed by atoms with Gasteiger partial charge in [0.05, 0.1) is 24.4 Å².